The van der Waals surface area contributed by atoms with E-state index >= 15 is 0 Å². The largest absolute Gasteiger partial charge is 0.418 e. The first-order valence-corrected chi connectivity index (χ1v) is 9.60. The molecule has 0 bridgehead atoms. The van der Waals surface area contributed by atoms with Crippen LogP contribution in [0.5, 0.6) is 5.75 Å². The highest BCUT2D eigenvalue weighted by atomic mass is 32.2. The van der Waals surface area contributed by atoms with Crippen LogP contribution >= 0.6 is 11.3 Å². The van der Waals surface area contributed by atoms with Gasteiger partial charge in [0.2, 0.25) is 0 Å². The molecule has 2 aromatic rings. The maximum absolute atomic E-state index is 11.7. The van der Waals surface area contributed by atoms with Gasteiger partial charge in [0.05, 0.1) is 24.7 Å². The maximum Gasteiger partial charge on any atom is 0.418 e. The van der Waals surface area contributed by atoms with Crippen molar-refractivity contribution in [2.45, 2.75) is 6.61 Å². The van der Waals surface area contributed by atoms with E-state index in [0.717, 1.165) is 6.26 Å². The van der Waals surface area contributed by atoms with Crippen LogP contribution in [0.2, 0.25) is 0 Å². The summed E-state index contributed by atoms with van der Waals surface area (Å²) in [5.41, 5.74) is 0.610. The summed E-state index contributed by atoms with van der Waals surface area (Å²) in [5.74, 6) is 0.400. The van der Waals surface area contributed by atoms with Gasteiger partial charge in [0.15, 0.2) is 5.13 Å². The highest BCUT2D eigenvalue weighted by Gasteiger charge is 2.09. The van der Waals surface area contributed by atoms with Gasteiger partial charge in [-0.2, -0.15) is 0 Å². The van der Waals surface area contributed by atoms with Crippen LogP contribution in [0.1, 0.15) is 5.69 Å². The van der Waals surface area contributed by atoms with Crippen molar-refractivity contribution in [2.24, 2.45) is 0 Å². The number of sulfone groups is 1. The van der Waals surface area contributed by atoms with Crippen molar-refractivity contribution in [3.63, 3.8) is 0 Å². The van der Waals surface area contributed by atoms with Gasteiger partial charge in [-0.3, -0.25) is 5.32 Å². The number of aromatic nitrogens is 1. The molecule has 0 fully saturated rings. The van der Waals surface area contributed by atoms with Crippen molar-refractivity contribution in [2.75, 3.05) is 23.9 Å². The number of nitrogens with zero attached hydrogens (tertiary/aromatic N) is 1. The Morgan fingerprint density at radius 2 is 2.04 bits per heavy atom. The zero-order chi connectivity index (χ0) is 16.7. The van der Waals surface area contributed by atoms with Crippen molar-refractivity contribution in [3.05, 3.63) is 41.4 Å². The molecule has 0 unspecified atom stereocenters. The van der Waals surface area contributed by atoms with Gasteiger partial charge in [-0.05, 0) is 12.1 Å². The number of hydrogen-bond donors (Lipinski definition) is 1. The summed E-state index contributed by atoms with van der Waals surface area (Å²) in [5, 5.41) is 4.62. The maximum atomic E-state index is 11.7. The second-order valence-corrected chi connectivity index (χ2v) is 7.77. The SMILES string of the molecule is CS(=O)(=O)CCOCc1csc(NC(=O)Oc2ccccc2)n1. The lowest BCUT2D eigenvalue weighted by Crippen LogP contribution is -2.16. The van der Waals surface area contributed by atoms with Gasteiger partial charge in [0.1, 0.15) is 15.6 Å². The van der Waals surface area contributed by atoms with Gasteiger partial charge >= 0.3 is 6.09 Å². The van der Waals surface area contributed by atoms with Crippen LogP contribution in [-0.4, -0.2) is 38.1 Å². The third kappa shape index (κ3) is 6.76. The van der Waals surface area contributed by atoms with E-state index in [4.69, 9.17) is 9.47 Å². The molecular weight excluding hydrogens is 340 g/mol. The number of nitrogens with one attached hydrogen (secondary N) is 1. The molecule has 1 amide bonds. The van der Waals surface area contributed by atoms with Gasteiger partial charge in [0, 0.05) is 11.6 Å². The van der Waals surface area contributed by atoms with Crippen LogP contribution in [0.15, 0.2) is 35.7 Å². The predicted molar refractivity (Wildman–Crippen MR) is 87.6 cm³/mol. The van der Waals surface area contributed by atoms with E-state index in [0.29, 0.717) is 16.6 Å². The Morgan fingerprint density at radius 1 is 1.30 bits per heavy atom. The number of hydrogen-bond acceptors (Lipinski definition) is 7. The first-order chi connectivity index (χ1) is 10.9. The van der Waals surface area contributed by atoms with Gasteiger partial charge in [-0.25, -0.2) is 18.2 Å². The quantitative estimate of drug-likeness (QED) is 0.765. The zero-order valence-electron chi connectivity index (χ0n) is 12.4. The molecule has 0 aliphatic carbocycles. The minimum absolute atomic E-state index is 0.0361. The Hall–Kier alpha value is -1.97. The number of thiazole rings is 1. The highest BCUT2D eigenvalue weighted by molar-refractivity contribution is 7.90. The van der Waals surface area contributed by atoms with Crippen molar-refractivity contribution < 1.29 is 22.7 Å². The van der Waals surface area contributed by atoms with Crippen molar-refractivity contribution in [1.29, 1.82) is 0 Å². The summed E-state index contributed by atoms with van der Waals surface area (Å²) >= 11 is 1.23. The standard InChI is InChI=1S/C14H16N2O5S2/c1-23(18,19)8-7-20-9-11-10-22-13(15-11)16-14(17)21-12-5-3-2-4-6-12/h2-6,10H,7-9H2,1H3,(H,15,16,17). The van der Waals surface area contributed by atoms with E-state index in [9.17, 15) is 13.2 Å². The molecule has 1 aromatic carbocycles. The topological polar surface area (TPSA) is 94.6 Å². The van der Waals surface area contributed by atoms with Crippen molar-refractivity contribution in [3.8, 4) is 5.75 Å². The Kier molecular flexibility index (Phi) is 6.08. The smallest absolute Gasteiger partial charge is 0.410 e. The first-order valence-electron chi connectivity index (χ1n) is 6.66. The van der Waals surface area contributed by atoms with E-state index in [2.05, 4.69) is 10.3 Å². The molecule has 9 heteroatoms. The van der Waals surface area contributed by atoms with E-state index in [1.807, 2.05) is 6.07 Å². The number of amides is 1. The number of carbonyl (C=O) groups is 1. The molecule has 0 atom stereocenters. The molecule has 0 saturated heterocycles. The van der Waals surface area contributed by atoms with Crippen LogP contribution in [-0.2, 0) is 21.2 Å². The first kappa shape index (κ1) is 17.4. The van der Waals surface area contributed by atoms with Crippen LogP contribution in [0.3, 0.4) is 0 Å². The molecule has 1 heterocycles. The predicted octanol–water partition coefficient (Wildman–Crippen LogP) is 2.32. The van der Waals surface area contributed by atoms with Crippen LogP contribution in [0.4, 0.5) is 9.93 Å². The summed E-state index contributed by atoms with van der Waals surface area (Å²) in [6.45, 7) is 0.288. The number of ether oxygens (including phenoxy) is 2. The summed E-state index contributed by atoms with van der Waals surface area (Å²) in [4.78, 5) is 15.9. The Balaban J connectivity index is 1.77. The normalized spacial score (nSPS) is 11.2. The van der Waals surface area contributed by atoms with Crippen molar-refractivity contribution in [1.82, 2.24) is 4.98 Å². The van der Waals surface area contributed by atoms with Crippen molar-refractivity contribution >= 4 is 32.4 Å². The van der Waals surface area contributed by atoms with Gasteiger partial charge < -0.3 is 9.47 Å². The summed E-state index contributed by atoms with van der Waals surface area (Å²) < 4.78 is 32.2. The molecule has 2 rings (SSSR count). The van der Waals surface area contributed by atoms with Crippen LogP contribution in [0, 0.1) is 0 Å². The Labute approximate surface area is 138 Å². The molecule has 0 radical (unpaired) electrons. The lowest BCUT2D eigenvalue weighted by Gasteiger charge is -2.03. The fourth-order valence-corrected chi connectivity index (χ4v) is 2.63. The number of carbonyl (C=O) groups excluding carboxylic acids is 1. The average molecular weight is 356 g/mol. The third-order valence-electron chi connectivity index (χ3n) is 2.56. The van der Waals surface area contributed by atoms with E-state index in [1.54, 1.807) is 29.6 Å². The molecule has 23 heavy (non-hydrogen) atoms. The zero-order valence-corrected chi connectivity index (χ0v) is 14.0. The number of anilines is 1. The summed E-state index contributed by atoms with van der Waals surface area (Å²) in [7, 11) is -3.04. The lowest BCUT2D eigenvalue weighted by atomic mass is 10.3. The molecule has 124 valence electrons. The fraction of sp³-hybridized carbons (Fsp3) is 0.286. The number of rotatable bonds is 7. The van der Waals surface area contributed by atoms with Crippen LogP contribution < -0.4 is 10.1 Å². The molecule has 0 aliphatic heterocycles. The molecule has 0 aliphatic rings. The Morgan fingerprint density at radius 3 is 2.74 bits per heavy atom. The lowest BCUT2D eigenvalue weighted by molar-refractivity contribution is 0.133. The van der Waals surface area contributed by atoms with E-state index in [-0.39, 0.29) is 19.0 Å². The number of para-hydroxylation sites is 1. The second kappa shape index (κ2) is 8.04. The molecule has 0 saturated carbocycles. The number of benzene rings is 1. The van der Waals surface area contributed by atoms with E-state index in [1.165, 1.54) is 11.3 Å². The molecule has 1 N–H and O–H groups in total. The van der Waals surface area contributed by atoms with Gasteiger partial charge in [-0.15, -0.1) is 11.3 Å². The monoisotopic (exact) mass is 356 g/mol. The highest BCUT2D eigenvalue weighted by Crippen LogP contribution is 2.17. The molecule has 7 nitrogen and oxygen atoms in total. The summed E-state index contributed by atoms with van der Waals surface area (Å²) in [6.07, 6.45) is 0.523. The minimum atomic E-state index is -3.04. The van der Waals surface area contributed by atoms with Crippen LogP contribution in [0.25, 0.3) is 0 Å². The third-order valence-corrected chi connectivity index (χ3v) is 4.28. The van der Waals surface area contributed by atoms with Gasteiger partial charge in [0.25, 0.3) is 0 Å². The molecule has 0 spiro atoms. The summed E-state index contributed by atoms with van der Waals surface area (Å²) in [6, 6.07) is 8.68. The molecule has 1 aromatic heterocycles. The minimum Gasteiger partial charge on any atom is -0.410 e. The second-order valence-electron chi connectivity index (χ2n) is 4.65. The Bertz CT molecular complexity index is 744. The van der Waals surface area contributed by atoms with Gasteiger partial charge in [-0.1, -0.05) is 18.2 Å². The molecular formula is C14H16N2O5S2. The fourth-order valence-electron chi connectivity index (χ4n) is 1.53. The van der Waals surface area contributed by atoms with E-state index < -0.39 is 15.9 Å². The average Bonchev–Trinajstić information content (AvgIpc) is 2.91.